The maximum absolute atomic E-state index is 13.6. The second-order valence-electron chi connectivity index (χ2n) is 10.3. The van der Waals surface area contributed by atoms with Gasteiger partial charge in [-0.2, -0.15) is 13.2 Å². The van der Waals surface area contributed by atoms with Crippen LogP contribution in [0.3, 0.4) is 0 Å². The summed E-state index contributed by atoms with van der Waals surface area (Å²) in [6, 6.07) is 12.5. The zero-order chi connectivity index (χ0) is 28.5. The lowest BCUT2D eigenvalue weighted by Crippen LogP contribution is -2.50. The fraction of sp³-hybridized carbons (Fsp3) is 0.467. The lowest BCUT2D eigenvalue weighted by Gasteiger charge is -2.30. The molecule has 7 nitrogen and oxygen atoms in total. The minimum atomic E-state index is -4.43. The molecule has 3 aromatic rings. The zero-order valence-electron chi connectivity index (χ0n) is 22.8. The number of urea groups is 1. The molecule has 3 amide bonds. The predicted molar refractivity (Wildman–Crippen MR) is 148 cm³/mol. The molecule has 216 valence electrons. The zero-order valence-corrected chi connectivity index (χ0v) is 22.8. The van der Waals surface area contributed by atoms with Gasteiger partial charge in [0.1, 0.15) is 6.54 Å². The Labute approximate surface area is 232 Å². The second kappa shape index (κ2) is 13.7. The molecule has 0 aliphatic heterocycles. The van der Waals surface area contributed by atoms with Gasteiger partial charge < -0.3 is 24.8 Å². The number of carbonyl (C=O) groups is 2. The van der Waals surface area contributed by atoms with Crippen molar-refractivity contribution in [3.8, 4) is 0 Å². The molecule has 10 heteroatoms. The van der Waals surface area contributed by atoms with Gasteiger partial charge in [-0.15, -0.1) is 0 Å². The Morgan fingerprint density at radius 2 is 1.73 bits per heavy atom. The monoisotopic (exact) mass is 558 g/mol. The molecular weight excluding hydrogens is 521 g/mol. The first-order chi connectivity index (χ1) is 19.2. The van der Waals surface area contributed by atoms with Gasteiger partial charge in [0.15, 0.2) is 0 Å². The van der Waals surface area contributed by atoms with Gasteiger partial charge in [-0.25, -0.2) is 4.79 Å². The fourth-order valence-electron chi connectivity index (χ4n) is 5.14. The van der Waals surface area contributed by atoms with Gasteiger partial charge in [0.05, 0.1) is 12.2 Å². The van der Waals surface area contributed by atoms with Crippen LogP contribution >= 0.6 is 0 Å². The highest BCUT2D eigenvalue weighted by Gasteiger charge is 2.30. The third-order valence-corrected chi connectivity index (χ3v) is 7.44. The van der Waals surface area contributed by atoms with Crippen molar-refractivity contribution in [3.63, 3.8) is 0 Å². The van der Waals surface area contributed by atoms with E-state index in [9.17, 15) is 22.8 Å². The van der Waals surface area contributed by atoms with Crippen LogP contribution in [0.15, 0.2) is 54.7 Å². The number of para-hydroxylation sites is 1. The predicted octanol–water partition coefficient (Wildman–Crippen LogP) is 5.75. The molecule has 0 saturated heterocycles. The van der Waals surface area contributed by atoms with E-state index in [0.29, 0.717) is 18.5 Å². The standard InChI is InChI=1S/C30H37F3N4O3/c1-40-18-17-37(29(39)35-25-7-3-2-4-8-25)21-28(38)36(20-22-11-13-24(14-12-22)30(31,32)33)16-15-23-19-34-27-10-6-5-9-26(23)27/h5-6,9-14,19,25,34H,2-4,7-8,15-18,20-21H2,1H3,(H,35,39). The summed E-state index contributed by atoms with van der Waals surface area (Å²) in [6.07, 6.45) is 3.15. The van der Waals surface area contributed by atoms with Crippen molar-refractivity contribution >= 4 is 22.8 Å². The summed E-state index contributed by atoms with van der Waals surface area (Å²) in [5.74, 6) is -0.283. The summed E-state index contributed by atoms with van der Waals surface area (Å²) in [5, 5.41) is 4.12. The summed E-state index contributed by atoms with van der Waals surface area (Å²) >= 11 is 0. The number of aromatic nitrogens is 1. The molecule has 1 fully saturated rings. The van der Waals surface area contributed by atoms with E-state index in [0.717, 1.165) is 60.7 Å². The van der Waals surface area contributed by atoms with Gasteiger partial charge in [-0.3, -0.25) is 4.79 Å². The highest BCUT2D eigenvalue weighted by atomic mass is 19.4. The average Bonchev–Trinajstić information content (AvgIpc) is 3.36. The van der Waals surface area contributed by atoms with Crippen LogP contribution in [0.4, 0.5) is 18.0 Å². The van der Waals surface area contributed by atoms with E-state index in [1.165, 1.54) is 24.1 Å². The Morgan fingerprint density at radius 1 is 1.00 bits per heavy atom. The molecule has 4 rings (SSSR count). The SMILES string of the molecule is COCCN(CC(=O)N(CCc1c[nH]c2ccccc12)Cc1ccc(C(F)(F)F)cc1)C(=O)NC1CCCCC1. The van der Waals surface area contributed by atoms with E-state index in [2.05, 4.69) is 10.3 Å². The lowest BCUT2D eigenvalue weighted by molar-refractivity contribution is -0.137. The van der Waals surface area contributed by atoms with Crippen LogP contribution in [0, 0.1) is 0 Å². The van der Waals surface area contributed by atoms with Gasteiger partial charge >= 0.3 is 12.2 Å². The molecule has 0 unspecified atom stereocenters. The number of hydrogen-bond acceptors (Lipinski definition) is 3. The quantitative estimate of drug-likeness (QED) is 0.315. The molecule has 2 aromatic carbocycles. The summed E-state index contributed by atoms with van der Waals surface area (Å²) in [6.45, 7) is 0.832. The molecule has 0 radical (unpaired) electrons. The Bertz CT molecular complexity index is 1250. The molecule has 40 heavy (non-hydrogen) atoms. The third kappa shape index (κ3) is 8.00. The van der Waals surface area contributed by atoms with E-state index >= 15 is 0 Å². The maximum Gasteiger partial charge on any atom is 0.416 e. The van der Waals surface area contributed by atoms with Gasteiger partial charge in [-0.05, 0) is 48.6 Å². The molecule has 1 aliphatic rings. The number of H-pyrrole nitrogens is 1. The van der Waals surface area contributed by atoms with Gasteiger partial charge in [0, 0.05) is 49.9 Å². The Morgan fingerprint density at radius 3 is 2.42 bits per heavy atom. The Kier molecular flexibility index (Phi) is 10.1. The van der Waals surface area contributed by atoms with Gasteiger partial charge in [0.2, 0.25) is 5.91 Å². The van der Waals surface area contributed by atoms with E-state index in [1.54, 1.807) is 4.90 Å². The van der Waals surface area contributed by atoms with Crippen LogP contribution in [-0.4, -0.2) is 66.1 Å². The molecule has 1 aliphatic carbocycles. The smallest absolute Gasteiger partial charge is 0.383 e. The molecule has 1 heterocycles. The molecule has 1 saturated carbocycles. The van der Waals surface area contributed by atoms with Crippen LogP contribution < -0.4 is 5.32 Å². The highest BCUT2D eigenvalue weighted by molar-refractivity contribution is 5.85. The topological polar surface area (TPSA) is 77.7 Å². The van der Waals surface area contributed by atoms with Crippen LogP contribution in [0.25, 0.3) is 10.9 Å². The number of hydrogen-bond donors (Lipinski definition) is 2. The number of nitrogens with one attached hydrogen (secondary N) is 2. The number of alkyl halides is 3. The number of aromatic amines is 1. The molecule has 0 spiro atoms. The molecule has 1 aromatic heterocycles. The van der Waals surface area contributed by atoms with Crippen molar-refractivity contribution in [2.75, 3.05) is 33.4 Å². The summed E-state index contributed by atoms with van der Waals surface area (Å²) < 4.78 is 44.4. The Hall–Kier alpha value is -3.53. The van der Waals surface area contributed by atoms with Crippen LogP contribution in [-0.2, 0) is 28.7 Å². The molecule has 0 bridgehead atoms. The fourth-order valence-corrected chi connectivity index (χ4v) is 5.14. The number of carbonyl (C=O) groups excluding carboxylic acids is 2. The average molecular weight is 559 g/mol. The maximum atomic E-state index is 13.6. The molecular formula is C30H37F3N4O3. The third-order valence-electron chi connectivity index (χ3n) is 7.44. The van der Waals surface area contributed by atoms with Crippen molar-refractivity contribution < 1.29 is 27.5 Å². The first kappa shape index (κ1) is 29.5. The van der Waals surface area contributed by atoms with Crippen LogP contribution in [0.2, 0.25) is 0 Å². The largest absolute Gasteiger partial charge is 0.416 e. The number of fused-ring (bicyclic) bond motifs is 1. The first-order valence-corrected chi connectivity index (χ1v) is 13.8. The first-order valence-electron chi connectivity index (χ1n) is 13.8. The van der Waals surface area contributed by atoms with E-state index in [1.807, 2.05) is 30.5 Å². The van der Waals surface area contributed by atoms with Crippen molar-refractivity contribution in [2.45, 2.75) is 57.3 Å². The van der Waals surface area contributed by atoms with Crippen molar-refractivity contribution in [1.29, 1.82) is 0 Å². The number of rotatable bonds is 11. The minimum absolute atomic E-state index is 0.0894. The number of amides is 3. The Balaban J connectivity index is 1.50. The van der Waals surface area contributed by atoms with E-state index < -0.39 is 11.7 Å². The minimum Gasteiger partial charge on any atom is -0.383 e. The number of benzene rings is 2. The summed E-state index contributed by atoms with van der Waals surface area (Å²) in [4.78, 5) is 33.1. The lowest BCUT2D eigenvalue weighted by atomic mass is 9.96. The van der Waals surface area contributed by atoms with Crippen LogP contribution in [0.5, 0.6) is 0 Å². The normalized spacial score (nSPS) is 14.3. The summed E-state index contributed by atoms with van der Waals surface area (Å²) in [5.41, 5.74) is 1.86. The number of methoxy groups -OCH3 is 1. The van der Waals surface area contributed by atoms with Crippen molar-refractivity contribution in [1.82, 2.24) is 20.1 Å². The number of nitrogens with zero attached hydrogens (tertiary/aromatic N) is 2. The van der Waals surface area contributed by atoms with E-state index in [4.69, 9.17) is 4.74 Å². The van der Waals surface area contributed by atoms with E-state index in [-0.39, 0.29) is 44.2 Å². The van der Waals surface area contributed by atoms with Crippen molar-refractivity contribution in [2.24, 2.45) is 0 Å². The van der Waals surface area contributed by atoms with Crippen LogP contribution in [0.1, 0.15) is 48.8 Å². The molecule has 2 N–H and O–H groups in total. The summed E-state index contributed by atoms with van der Waals surface area (Å²) in [7, 11) is 1.54. The highest BCUT2D eigenvalue weighted by Crippen LogP contribution is 2.29. The number of ether oxygens (including phenoxy) is 1. The number of halogens is 3. The second-order valence-corrected chi connectivity index (χ2v) is 10.3. The van der Waals surface area contributed by atoms with Crippen molar-refractivity contribution in [3.05, 3.63) is 71.4 Å². The molecule has 0 atom stereocenters. The van der Waals surface area contributed by atoms with Gasteiger partial charge in [0.25, 0.3) is 0 Å². The van der Waals surface area contributed by atoms with Gasteiger partial charge in [-0.1, -0.05) is 49.6 Å².